The van der Waals surface area contributed by atoms with Crippen LogP contribution in [0.1, 0.15) is 17.5 Å². The van der Waals surface area contributed by atoms with E-state index in [0.717, 1.165) is 11.3 Å². The zero-order valence-corrected chi connectivity index (χ0v) is 12.7. The number of aryl methyl sites for hydroxylation is 1. The fraction of sp³-hybridized carbons (Fsp3) is 0.462. The molecule has 2 N–H and O–H groups in total. The van der Waals surface area contributed by atoms with Crippen LogP contribution in [0.3, 0.4) is 0 Å². The van der Waals surface area contributed by atoms with E-state index in [1.807, 2.05) is 32.0 Å². The highest BCUT2D eigenvalue weighted by atomic mass is 32.2. The summed E-state index contributed by atoms with van der Waals surface area (Å²) in [6.45, 7) is 4.07. The Kier molecular flexibility index (Phi) is 4.10. The number of rotatable bonds is 2. The van der Waals surface area contributed by atoms with Crippen LogP contribution in [-0.4, -0.2) is 31.1 Å². The Labute approximate surface area is 119 Å². The van der Waals surface area contributed by atoms with Crippen LogP contribution >= 0.6 is 12.2 Å². The molecule has 0 saturated carbocycles. The average molecular weight is 298 g/mol. The summed E-state index contributed by atoms with van der Waals surface area (Å²) in [5.74, 6) is 0.415. The molecule has 0 amide bonds. The number of anilines is 1. The fourth-order valence-corrected chi connectivity index (χ4v) is 4.09. The summed E-state index contributed by atoms with van der Waals surface area (Å²) in [7, 11) is -2.88. The Hall–Kier alpha value is -1.14. The van der Waals surface area contributed by atoms with Crippen LogP contribution in [0.15, 0.2) is 18.2 Å². The van der Waals surface area contributed by atoms with E-state index in [9.17, 15) is 8.42 Å². The third-order valence-corrected chi connectivity index (χ3v) is 5.41. The Morgan fingerprint density at radius 1 is 1.37 bits per heavy atom. The smallest absolute Gasteiger partial charge is 0.171 e. The summed E-state index contributed by atoms with van der Waals surface area (Å²) >= 11 is 5.23. The van der Waals surface area contributed by atoms with Gasteiger partial charge in [0.2, 0.25) is 0 Å². The first-order valence-electron chi connectivity index (χ1n) is 6.21. The highest BCUT2D eigenvalue weighted by molar-refractivity contribution is 7.91. The number of nitrogens with one attached hydrogen (secondary N) is 2. The molecule has 1 heterocycles. The van der Waals surface area contributed by atoms with Crippen molar-refractivity contribution in [2.45, 2.75) is 26.3 Å². The van der Waals surface area contributed by atoms with Gasteiger partial charge >= 0.3 is 0 Å². The standard InChI is InChI=1S/C13H18N2O2S2/c1-9-4-3-5-12(10(9)2)15-13(18)14-11-6-7-19(16,17)8-11/h3-5,11H,6-8H2,1-2H3,(H2,14,15,18). The molecular weight excluding hydrogens is 280 g/mol. The minimum atomic E-state index is -2.88. The SMILES string of the molecule is Cc1cccc(NC(=S)NC2CCS(=O)(=O)C2)c1C. The van der Waals surface area contributed by atoms with E-state index in [-0.39, 0.29) is 17.5 Å². The number of hydrogen-bond donors (Lipinski definition) is 2. The van der Waals surface area contributed by atoms with E-state index in [2.05, 4.69) is 10.6 Å². The Bertz CT molecular complexity index is 597. The van der Waals surface area contributed by atoms with Crippen molar-refractivity contribution < 1.29 is 8.42 Å². The molecule has 0 aromatic heterocycles. The first-order chi connectivity index (χ1) is 8.87. The van der Waals surface area contributed by atoms with Gasteiger partial charge in [-0.3, -0.25) is 0 Å². The van der Waals surface area contributed by atoms with Gasteiger partial charge in [0.1, 0.15) is 0 Å². The van der Waals surface area contributed by atoms with Crippen molar-refractivity contribution in [2.24, 2.45) is 0 Å². The first kappa shape index (κ1) is 14.3. The summed E-state index contributed by atoms with van der Waals surface area (Å²) in [6, 6.07) is 5.89. The van der Waals surface area contributed by atoms with Gasteiger partial charge in [0.25, 0.3) is 0 Å². The van der Waals surface area contributed by atoms with E-state index >= 15 is 0 Å². The maximum atomic E-state index is 11.4. The van der Waals surface area contributed by atoms with Crippen molar-refractivity contribution >= 4 is 32.9 Å². The van der Waals surface area contributed by atoms with Crippen LogP contribution in [-0.2, 0) is 9.84 Å². The van der Waals surface area contributed by atoms with Gasteiger partial charge in [-0.25, -0.2) is 8.42 Å². The van der Waals surface area contributed by atoms with E-state index < -0.39 is 9.84 Å². The zero-order chi connectivity index (χ0) is 14.0. The highest BCUT2D eigenvalue weighted by Gasteiger charge is 2.28. The molecule has 0 radical (unpaired) electrons. The van der Waals surface area contributed by atoms with Gasteiger partial charge in [0, 0.05) is 11.7 Å². The average Bonchev–Trinajstić information content (AvgIpc) is 2.64. The van der Waals surface area contributed by atoms with Crippen LogP contribution in [0.5, 0.6) is 0 Å². The first-order valence-corrected chi connectivity index (χ1v) is 8.44. The monoisotopic (exact) mass is 298 g/mol. The molecular formula is C13H18N2O2S2. The van der Waals surface area contributed by atoms with Gasteiger partial charge in [0.15, 0.2) is 14.9 Å². The third kappa shape index (κ3) is 3.67. The second-order valence-electron chi connectivity index (χ2n) is 4.95. The van der Waals surface area contributed by atoms with E-state index in [4.69, 9.17) is 12.2 Å². The molecule has 104 valence electrons. The van der Waals surface area contributed by atoms with Crippen molar-refractivity contribution in [1.29, 1.82) is 0 Å². The summed E-state index contributed by atoms with van der Waals surface area (Å²) in [5, 5.41) is 6.68. The van der Waals surface area contributed by atoms with Crippen molar-refractivity contribution in [3.63, 3.8) is 0 Å². The molecule has 19 heavy (non-hydrogen) atoms. The maximum Gasteiger partial charge on any atom is 0.171 e. The van der Waals surface area contributed by atoms with Gasteiger partial charge in [0.05, 0.1) is 11.5 Å². The molecule has 1 saturated heterocycles. The molecule has 1 unspecified atom stereocenters. The summed E-state index contributed by atoms with van der Waals surface area (Å²) in [6.07, 6.45) is 0.622. The normalized spacial score (nSPS) is 21.1. The molecule has 6 heteroatoms. The predicted molar refractivity (Wildman–Crippen MR) is 82.3 cm³/mol. The summed E-state index contributed by atoms with van der Waals surface area (Å²) in [4.78, 5) is 0. The third-order valence-electron chi connectivity index (χ3n) is 3.42. The summed E-state index contributed by atoms with van der Waals surface area (Å²) < 4.78 is 22.8. The van der Waals surface area contributed by atoms with Crippen molar-refractivity contribution in [3.05, 3.63) is 29.3 Å². The van der Waals surface area contributed by atoms with Gasteiger partial charge in [-0.05, 0) is 49.7 Å². The number of hydrogen-bond acceptors (Lipinski definition) is 3. The lowest BCUT2D eigenvalue weighted by Gasteiger charge is -2.16. The molecule has 0 aliphatic carbocycles. The van der Waals surface area contributed by atoms with Crippen LogP contribution in [0, 0.1) is 13.8 Å². The molecule has 2 rings (SSSR count). The van der Waals surface area contributed by atoms with Crippen molar-refractivity contribution in [1.82, 2.24) is 5.32 Å². The van der Waals surface area contributed by atoms with Crippen LogP contribution in [0.25, 0.3) is 0 Å². The van der Waals surface area contributed by atoms with E-state index in [0.29, 0.717) is 11.5 Å². The molecule has 0 spiro atoms. The van der Waals surface area contributed by atoms with E-state index in [1.165, 1.54) is 5.56 Å². The molecule has 4 nitrogen and oxygen atoms in total. The molecule has 0 bridgehead atoms. The van der Waals surface area contributed by atoms with Crippen LogP contribution in [0.2, 0.25) is 0 Å². The molecule has 1 aliphatic rings. The lowest BCUT2D eigenvalue weighted by Crippen LogP contribution is -2.38. The predicted octanol–water partition coefficient (Wildman–Crippen LogP) is 1.78. The quantitative estimate of drug-likeness (QED) is 0.815. The lowest BCUT2D eigenvalue weighted by atomic mass is 10.1. The molecule has 1 aromatic rings. The second-order valence-corrected chi connectivity index (χ2v) is 7.58. The second kappa shape index (κ2) is 5.46. The Morgan fingerprint density at radius 2 is 2.11 bits per heavy atom. The molecule has 1 aromatic carbocycles. The fourth-order valence-electron chi connectivity index (χ4n) is 2.14. The van der Waals surface area contributed by atoms with Crippen molar-refractivity contribution in [3.8, 4) is 0 Å². The number of thiocarbonyl (C=S) groups is 1. The number of benzene rings is 1. The maximum absolute atomic E-state index is 11.4. The van der Waals surface area contributed by atoms with Gasteiger partial charge in [-0.2, -0.15) is 0 Å². The zero-order valence-electron chi connectivity index (χ0n) is 11.1. The molecule has 1 aliphatic heterocycles. The minimum Gasteiger partial charge on any atom is -0.359 e. The lowest BCUT2D eigenvalue weighted by molar-refractivity contribution is 0.600. The molecule has 1 atom stereocenters. The Morgan fingerprint density at radius 3 is 2.74 bits per heavy atom. The van der Waals surface area contributed by atoms with Gasteiger partial charge in [-0.1, -0.05) is 12.1 Å². The van der Waals surface area contributed by atoms with Crippen LogP contribution < -0.4 is 10.6 Å². The topological polar surface area (TPSA) is 58.2 Å². The van der Waals surface area contributed by atoms with Gasteiger partial charge in [-0.15, -0.1) is 0 Å². The van der Waals surface area contributed by atoms with E-state index in [1.54, 1.807) is 0 Å². The van der Waals surface area contributed by atoms with Gasteiger partial charge < -0.3 is 10.6 Å². The van der Waals surface area contributed by atoms with Crippen molar-refractivity contribution in [2.75, 3.05) is 16.8 Å². The summed E-state index contributed by atoms with van der Waals surface area (Å²) in [5.41, 5.74) is 3.29. The Balaban J connectivity index is 1.97. The van der Waals surface area contributed by atoms with Crippen LogP contribution in [0.4, 0.5) is 5.69 Å². The minimum absolute atomic E-state index is 0.0740. The number of sulfone groups is 1. The highest BCUT2D eigenvalue weighted by Crippen LogP contribution is 2.18. The largest absolute Gasteiger partial charge is 0.359 e. The molecule has 1 fully saturated rings.